The first-order valence-corrected chi connectivity index (χ1v) is 10.9. The summed E-state index contributed by atoms with van der Waals surface area (Å²) < 4.78 is 28.7. The average Bonchev–Trinajstić information content (AvgIpc) is 2.94. The Morgan fingerprint density at radius 2 is 2.15 bits per heavy atom. The Labute approximate surface area is 155 Å². The van der Waals surface area contributed by atoms with Gasteiger partial charge < -0.3 is 4.98 Å². The quantitative estimate of drug-likeness (QED) is 0.843. The van der Waals surface area contributed by atoms with Crippen LogP contribution in [0.4, 0.5) is 5.82 Å². The number of nitrogens with zero attached hydrogens (tertiary/aromatic N) is 2. The highest BCUT2D eigenvalue weighted by atomic mass is 32.2. The lowest BCUT2D eigenvalue weighted by Crippen LogP contribution is -2.47. The van der Waals surface area contributed by atoms with Gasteiger partial charge in [-0.1, -0.05) is 19.1 Å². The maximum Gasteiger partial charge on any atom is 0.302 e. The number of benzene rings is 1. The minimum Gasteiger partial charge on any atom is -0.341 e. The zero-order valence-corrected chi connectivity index (χ0v) is 16.6. The lowest BCUT2D eigenvalue weighted by Gasteiger charge is -2.44. The molecule has 6 nitrogen and oxygen atoms in total. The summed E-state index contributed by atoms with van der Waals surface area (Å²) in [6.07, 6.45) is 4.49. The summed E-state index contributed by atoms with van der Waals surface area (Å²) >= 11 is 0. The van der Waals surface area contributed by atoms with E-state index in [-0.39, 0.29) is 0 Å². The number of aromatic nitrogens is 1. The maximum atomic E-state index is 12.4. The standard InChI is InChI=1S/C19H28N4O2S/c1-4-10-23-11-6-8-13-14-7-5-9-16-18(14)15(12-17(13)23)19(20-16)21-26(24,25)22(2)3/h5,7,9,13,17,20-21H,4,6,8,10-12H2,1-3H3/t13?,17-/m1/s1. The van der Waals surface area contributed by atoms with E-state index in [4.69, 9.17) is 0 Å². The third-order valence-electron chi connectivity index (χ3n) is 5.89. The zero-order chi connectivity index (χ0) is 18.5. The van der Waals surface area contributed by atoms with Crippen molar-refractivity contribution in [2.75, 3.05) is 31.9 Å². The summed E-state index contributed by atoms with van der Waals surface area (Å²) in [5.41, 5.74) is 3.52. The van der Waals surface area contributed by atoms with Crippen LogP contribution in [0.1, 0.15) is 43.2 Å². The number of rotatable bonds is 5. The number of hydrogen-bond acceptors (Lipinski definition) is 3. The Bertz CT molecular complexity index is 917. The third-order valence-corrected chi connectivity index (χ3v) is 7.31. The predicted molar refractivity (Wildman–Crippen MR) is 106 cm³/mol. The van der Waals surface area contributed by atoms with E-state index >= 15 is 0 Å². The summed E-state index contributed by atoms with van der Waals surface area (Å²) in [5.74, 6) is 1.17. The van der Waals surface area contributed by atoms with Gasteiger partial charge in [0.2, 0.25) is 0 Å². The van der Waals surface area contributed by atoms with E-state index in [1.165, 1.54) is 28.1 Å². The Kier molecular flexibility index (Phi) is 4.49. The highest BCUT2D eigenvalue weighted by molar-refractivity contribution is 7.90. The fraction of sp³-hybridized carbons (Fsp3) is 0.579. The second-order valence-electron chi connectivity index (χ2n) is 7.69. The van der Waals surface area contributed by atoms with Gasteiger partial charge in [0.15, 0.2) is 0 Å². The fourth-order valence-electron chi connectivity index (χ4n) is 4.70. The van der Waals surface area contributed by atoms with Gasteiger partial charge in [-0.25, -0.2) is 0 Å². The highest BCUT2D eigenvalue weighted by Gasteiger charge is 2.38. The molecule has 2 N–H and O–H groups in total. The molecule has 1 aromatic heterocycles. The molecule has 1 aliphatic heterocycles. The van der Waals surface area contributed by atoms with Gasteiger partial charge in [-0.05, 0) is 50.4 Å². The first-order chi connectivity index (χ1) is 12.4. The van der Waals surface area contributed by atoms with Crippen LogP contribution >= 0.6 is 0 Å². The molecule has 0 bridgehead atoms. The number of hydrogen-bond donors (Lipinski definition) is 2. The van der Waals surface area contributed by atoms with Crippen LogP contribution in [-0.2, 0) is 16.6 Å². The highest BCUT2D eigenvalue weighted by Crippen LogP contribution is 2.45. The largest absolute Gasteiger partial charge is 0.341 e. The molecule has 1 unspecified atom stereocenters. The van der Waals surface area contributed by atoms with Crippen LogP contribution < -0.4 is 4.72 Å². The molecule has 2 atom stereocenters. The summed E-state index contributed by atoms with van der Waals surface area (Å²) in [4.78, 5) is 5.93. The van der Waals surface area contributed by atoms with Crippen LogP contribution in [-0.4, -0.2) is 55.8 Å². The second-order valence-corrected chi connectivity index (χ2v) is 9.58. The monoisotopic (exact) mass is 376 g/mol. The van der Waals surface area contributed by atoms with Crippen molar-refractivity contribution in [2.45, 2.75) is 44.6 Å². The molecule has 1 saturated heterocycles. The van der Waals surface area contributed by atoms with Crippen molar-refractivity contribution in [3.63, 3.8) is 0 Å². The van der Waals surface area contributed by atoms with E-state index < -0.39 is 10.2 Å². The minimum absolute atomic E-state index is 0.459. The number of fused-ring (bicyclic) bond motifs is 2. The number of anilines is 1. The molecule has 4 rings (SSSR count). The normalized spacial score (nSPS) is 23.4. The molecule has 0 radical (unpaired) electrons. The SMILES string of the molecule is CCCN1CCCC2c3cccc4[nH]c(NS(=O)(=O)N(C)C)c(c34)C[C@H]21. The van der Waals surface area contributed by atoms with Crippen LogP contribution in [0.3, 0.4) is 0 Å². The predicted octanol–water partition coefficient (Wildman–Crippen LogP) is 2.90. The zero-order valence-electron chi connectivity index (χ0n) is 15.7. The topological polar surface area (TPSA) is 68.4 Å². The van der Waals surface area contributed by atoms with E-state index in [9.17, 15) is 8.42 Å². The van der Waals surface area contributed by atoms with E-state index in [1.54, 1.807) is 14.1 Å². The van der Waals surface area contributed by atoms with Crippen molar-refractivity contribution in [1.82, 2.24) is 14.2 Å². The number of likely N-dealkylation sites (tertiary alicyclic amines) is 1. The van der Waals surface area contributed by atoms with Gasteiger partial charge in [-0.3, -0.25) is 9.62 Å². The van der Waals surface area contributed by atoms with Crippen LogP contribution in [0.5, 0.6) is 0 Å². The van der Waals surface area contributed by atoms with Crippen molar-refractivity contribution in [1.29, 1.82) is 0 Å². The molecule has 0 spiro atoms. The lowest BCUT2D eigenvalue weighted by molar-refractivity contribution is 0.124. The number of piperidine rings is 1. The van der Waals surface area contributed by atoms with Crippen LogP contribution in [0.2, 0.25) is 0 Å². The van der Waals surface area contributed by atoms with Crippen LogP contribution in [0, 0.1) is 0 Å². The summed E-state index contributed by atoms with van der Waals surface area (Å²) in [6, 6.07) is 6.82. The van der Waals surface area contributed by atoms with E-state index in [2.05, 4.69) is 33.7 Å². The number of H-pyrrole nitrogens is 1. The van der Waals surface area contributed by atoms with E-state index in [0.29, 0.717) is 17.8 Å². The van der Waals surface area contributed by atoms with Crippen molar-refractivity contribution in [3.8, 4) is 0 Å². The van der Waals surface area contributed by atoms with Gasteiger partial charge in [-0.15, -0.1) is 0 Å². The molecule has 2 aliphatic rings. The Morgan fingerprint density at radius 1 is 1.35 bits per heavy atom. The van der Waals surface area contributed by atoms with Crippen LogP contribution in [0.25, 0.3) is 10.9 Å². The fourth-order valence-corrected chi connectivity index (χ4v) is 5.32. The molecule has 0 saturated carbocycles. The van der Waals surface area contributed by atoms with E-state index in [1.807, 2.05) is 6.07 Å². The smallest absolute Gasteiger partial charge is 0.302 e. The molecular weight excluding hydrogens is 348 g/mol. The second kappa shape index (κ2) is 6.55. The van der Waals surface area contributed by atoms with Crippen molar-refractivity contribution < 1.29 is 8.42 Å². The molecule has 1 fully saturated rings. The molecule has 7 heteroatoms. The van der Waals surface area contributed by atoms with E-state index in [0.717, 1.165) is 37.0 Å². The number of aromatic amines is 1. The van der Waals surface area contributed by atoms with Gasteiger partial charge in [0.25, 0.3) is 0 Å². The summed E-state index contributed by atoms with van der Waals surface area (Å²) in [6.45, 7) is 4.48. The lowest BCUT2D eigenvalue weighted by atomic mass is 9.75. The minimum atomic E-state index is -3.53. The van der Waals surface area contributed by atoms with Gasteiger partial charge >= 0.3 is 10.2 Å². The van der Waals surface area contributed by atoms with Crippen LogP contribution in [0.15, 0.2) is 18.2 Å². The molecule has 1 aliphatic carbocycles. The molecule has 1 aromatic carbocycles. The van der Waals surface area contributed by atoms with Gasteiger partial charge in [0, 0.05) is 42.5 Å². The molecule has 2 aromatic rings. The molecule has 0 amide bonds. The molecule has 142 valence electrons. The summed E-state index contributed by atoms with van der Waals surface area (Å²) in [7, 11) is -0.447. The first kappa shape index (κ1) is 17.8. The molecular formula is C19H28N4O2S. The average molecular weight is 377 g/mol. The maximum absolute atomic E-state index is 12.4. The first-order valence-electron chi connectivity index (χ1n) is 9.50. The number of nitrogens with one attached hydrogen (secondary N) is 2. The molecule has 2 heterocycles. The Hall–Kier alpha value is -1.57. The van der Waals surface area contributed by atoms with Gasteiger partial charge in [-0.2, -0.15) is 12.7 Å². The van der Waals surface area contributed by atoms with Gasteiger partial charge in [0.05, 0.1) is 0 Å². The molecule has 26 heavy (non-hydrogen) atoms. The van der Waals surface area contributed by atoms with Gasteiger partial charge in [0.1, 0.15) is 5.82 Å². The summed E-state index contributed by atoms with van der Waals surface area (Å²) in [5, 5.41) is 1.23. The van der Waals surface area contributed by atoms with Crippen molar-refractivity contribution in [3.05, 3.63) is 29.3 Å². The Morgan fingerprint density at radius 3 is 2.88 bits per heavy atom. The Balaban J connectivity index is 1.81. The van der Waals surface area contributed by atoms with Crippen molar-refractivity contribution in [2.24, 2.45) is 0 Å². The van der Waals surface area contributed by atoms with Crippen molar-refractivity contribution >= 4 is 26.9 Å². The third kappa shape index (κ3) is 2.82.